The molecule has 0 aliphatic heterocycles. The van der Waals surface area contributed by atoms with Crippen molar-refractivity contribution in [3.05, 3.63) is 53.1 Å². The van der Waals surface area contributed by atoms with Crippen LogP contribution in [0.25, 0.3) is 11.0 Å². The number of fused-ring (bicyclic) bond motifs is 1. The van der Waals surface area contributed by atoms with Gasteiger partial charge in [-0.3, -0.25) is 4.79 Å². The first-order chi connectivity index (χ1) is 15.2. The number of carbonyl (C=O) groups is 2. The minimum atomic E-state index is -1.03. The van der Waals surface area contributed by atoms with Gasteiger partial charge in [-0.25, -0.2) is 9.48 Å². The Balaban J connectivity index is 1.50. The lowest BCUT2D eigenvalue weighted by molar-refractivity contribution is -0.139. The quantitative estimate of drug-likeness (QED) is 0.467. The van der Waals surface area contributed by atoms with Gasteiger partial charge in [-0.1, -0.05) is 19.1 Å². The highest BCUT2D eigenvalue weighted by molar-refractivity contribution is 5.96. The van der Waals surface area contributed by atoms with Crippen molar-refractivity contribution in [2.45, 2.75) is 53.1 Å². The van der Waals surface area contributed by atoms with E-state index in [9.17, 15) is 14.7 Å². The number of aromatic nitrogens is 3. The van der Waals surface area contributed by atoms with Crippen molar-refractivity contribution in [3.8, 4) is 5.75 Å². The molecule has 0 bridgehead atoms. The Morgan fingerprint density at radius 2 is 1.81 bits per heavy atom. The SMILES string of the molecule is Cc1cc2nnn(CCCOc3ccc(C(=O)NC(CC(C)C)C(=O)O)cc3)c2cc1C. The number of nitrogens with zero attached hydrogens (tertiary/aromatic N) is 3. The molecule has 0 fully saturated rings. The number of hydrogen-bond acceptors (Lipinski definition) is 5. The molecule has 1 atom stereocenters. The van der Waals surface area contributed by atoms with E-state index in [1.54, 1.807) is 24.3 Å². The molecule has 3 rings (SSSR count). The average molecular weight is 439 g/mol. The molecule has 0 saturated carbocycles. The first-order valence-electron chi connectivity index (χ1n) is 10.8. The Bertz CT molecular complexity index is 1090. The van der Waals surface area contributed by atoms with Gasteiger partial charge in [-0.05, 0) is 73.7 Å². The van der Waals surface area contributed by atoms with Crippen LogP contribution in [0.2, 0.25) is 0 Å². The highest BCUT2D eigenvalue weighted by Crippen LogP contribution is 2.18. The second-order valence-corrected chi connectivity index (χ2v) is 8.46. The van der Waals surface area contributed by atoms with Gasteiger partial charge in [0.05, 0.1) is 12.1 Å². The van der Waals surface area contributed by atoms with Gasteiger partial charge >= 0.3 is 5.97 Å². The second-order valence-electron chi connectivity index (χ2n) is 8.46. The highest BCUT2D eigenvalue weighted by atomic mass is 16.5. The van der Waals surface area contributed by atoms with E-state index >= 15 is 0 Å². The first kappa shape index (κ1) is 23.2. The summed E-state index contributed by atoms with van der Waals surface area (Å²) in [4.78, 5) is 23.7. The van der Waals surface area contributed by atoms with E-state index in [2.05, 4.69) is 35.5 Å². The molecule has 0 radical (unpaired) electrons. The van der Waals surface area contributed by atoms with E-state index in [-0.39, 0.29) is 5.92 Å². The summed E-state index contributed by atoms with van der Waals surface area (Å²) in [6, 6.07) is 9.94. The molecule has 8 nitrogen and oxygen atoms in total. The predicted octanol–water partition coefficient (Wildman–Crippen LogP) is 3.75. The number of ether oxygens (including phenoxy) is 1. The molecule has 0 aliphatic rings. The van der Waals surface area contributed by atoms with Gasteiger partial charge in [0.2, 0.25) is 0 Å². The maximum Gasteiger partial charge on any atom is 0.326 e. The molecule has 3 aromatic rings. The van der Waals surface area contributed by atoms with Crippen molar-refractivity contribution >= 4 is 22.9 Å². The molecule has 170 valence electrons. The Hall–Kier alpha value is -3.42. The van der Waals surface area contributed by atoms with Crippen molar-refractivity contribution < 1.29 is 19.4 Å². The van der Waals surface area contributed by atoms with Crippen molar-refractivity contribution in [1.29, 1.82) is 0 Å². The van der Waals surface area contributed by atoms with E-state index in [4.69, 9.17) is 4.74 Å². The minimum absolute atomic E-state index is 0.163. The number of aryl methyl sites for hydroxylation is 3. The summed E-state index contributed by atoms with van der Waals surface area (Å²) in [6.45, 7) is 9.15. The smallest absolute Gasteiger partial charge is 0.326 e. The van der Waals surface area contributed by atoms with E-state index in [1.165, 1.54) is 11.1 Å². The number of amides is 1. The van der Waals surface area contributed by atoms with Gasteiger partial charge in [0, 0.05) is 18.5 Å². The molecule has 8 heteroatoms. The zero-order valence-corrected chi connectivity index (χ0v) is 19.0. The average Bonchev–Trinajstić information content (AvgIpc) is 3.12. The topological polar surface area (TPSA) is 106 Å². The zero-order chi connectivity index (χ0) is 23.3. The monoisotopic (exact) mass is 438 g/mol. The van der Waals surface area contributed by atoms with Crippen molar-refractivity contribution in [1.82, 2.24) is 20.3 Å². The van der Waals surface area contributed by atoms with Crippen LogP contribution in [-0.4, -0.2) is 44.6 Å². The third-order valence-electron chi connectivity index (χ3n) is 5.34. The fourth-order valence-corrected chi connectivity index (χ4v) is 3.43. The van der Waals surface area contributed by atoms with Crippen molar-refractivity contribution in [2.24, 2.45) is 5.92 Å². The lowest BCUT2D eigenvalue weighted by Crippen LogP contribution is -2.41. The summed E-state index contributed by atoms with van der Waals surface area (Å²) in [5.74, 6) is -0.630. The van der Waals surface area contributed by atoms with Crippen LogP contribution in [0.5, 0.6) is 5.75 Å². The van der Waals surface area contributed by atoms with Crippen molar-refractivity contribution in [3.63, 3.8) is 0 Å². The Kier molecular flexibility index (Phi) is 7.45. The number of benzene rings is 2. The minimum Gasteiger partial charge on any atom is -0.494 e. The molecule has 1 aromatic heterocycles. The Labute approximate surface area is 187 Å². The number of carbonyl (C=O) groups excluding carboxylic acids is 1. The number of hydrogen-bond donors (Lipinski definition) is 2. The van der Waals surface area contributed by atoms with Crippen LogP contribution in [0.4, 0.5) is 0 Å². The van der Waals surface area contributed by atoms with Gasteiger partial charge in [-0.15, -0.1) is 5.10 Å². The Morgan fingerprint density at radius 3 is 2.47 bits per heavy atom. The largest absolute Gasteiger partial charge is 0.494 e. The molecular weight excluding hydrogens is 408 g/mol. The van der Waals surface area contributed by atoms with Crippen LogP contribution in [0, 0.1) is 19.8 Å². The van der Waals surface area contributed by atoms with Crippen molar-refractivity contribution in [2.75, 3.05) is 6.61 Å². The van der Waals surface area contributed by atoms with Crippen LogP contribution in [-0.2, 0) is 11.3 Å². The number of aliphatic carboxylic acids is 1. The number of rotatable bonds is 10. The lowest BCUT2D eigenvalue weighted by atomic mass is 10.0. The van der Waals surface area contributed by atoms with Crippen LogP contribution in [0.1, 0.15) is 48.2 Å². The molecule has 0 saturated heterocycles. The molecular formula is C24H30N4O4. The summed E-state index contributed by atoms with van der Waals surface area (Å²) >= 11 is 0. The third-order valence-corrected chi connectivity index (χ3v) is 5.34. The molecule has 0 spiro atoms. The van der Waals surface area contributed by atoms with Crippen LogP contribution >= 0.6 is 0 Å². The predicted molar refractivity (Wildman–Crippen MR) is 122 cm³/mol. The van der Waals surface area contributed by atoms with Gasteiger partial charge in [0.25, 0.3) is 5.91 Å². The Morgan fingerprint density at radius 1 is 1.12 bits per heavy atom. The number of carboxylic acid groups (broad SMARTS) is 1. The highest BCUT2D eigenvalue weighted by Gasteiger charge is 2.21. The number of carboxylic acids is 1. The van der Waals surface area contributed by atoms with E-state index in [1.807, 2.05) is 24.6 Å². The summed E-state index contributed by atoms with van der Waals surface area (Å²) in [6.07, 6.45) is 1.13. The molecule has 1 amide bonds. The molecule has 32 heavy (non-hydrogen) atoms. The van der Waals surface area contributed by atoms with Crippen LogP contribution in [0.3, 0.4) is 0 Å². The van der Waals surface area contributed by atoms with E-state index in [0.29, 0.717) is 30.9 Å². The fourth-order valence-electron chi connectivity index (χ4n) is 3.43. The van der Waals surface area contributed by atoms with Crippen LogP contribution < -0.4 is 10.1 Å². The third kappa shape index (κ3) is 5.84. The molecule has 0 aliphatic carbocycles. The standard InChI is InChI=1S/C24H30N4O4/c1-15(2)12-21(24(30)31)25-23(29)18-6-8-19(9-7-18)32-11-5-10-28-22-14-17(4)16(3)13-20(22)26-27-28/h6-9,13-15,21H,5,10-12H2,1-4H3,(H,25,29)(H,30,31). The van der Waals surface area contributed by atoms with Gasteiger partial charge in [-0.2, -0.15) is 0 Å². The zero-order valence-electron chi connectivity index (χ0n) is 19.0. The molecule has 1 unspecified atom stereocenters. The summed E-state index contributed by atoms with van der Waals surface area (Å²) in [7, 11) is 0. The molecule has 2 aromatic carbocycles. The fraction of sp³-hybridized carbons (Fsp3) is 0.417. The second kappa shape index (κ2) is 10.3. The van der Waals surface area contributed by atoms with Gasteiger partial charge in [0.1, 0.15) is 17.3 Å². The molecule has 1 heterocycles. The molecule has 2 N–H and O–H groups in total. The van der Waals surface area contributed by atoms with Gasteiger partial charge < -0.3 is 15.2 Å². The summed E-state index contributed by atoms with van der Waals surface area (Å²) < 4.78 is 7.66. The maximum absolute atomic E-state index is 12.4. The summed E-state index contributed by atoms with van der Waals surface area (Å²) in [5.41, 5.74) is 4.71. The first-order valence-corrected chi connectivity index (χ1v) is 10.8. The van der Waals surface area contributed by atoms with E-state index in [0.717, 1.165) is 17.5 Å². The normalized spacial score (nSPS) is 12.2. The van der Waals surface area contributed by atoms with E-state index < -0.39 is 17.9 Å². The van der Waals surface area contributed by atoms with Crippen LogP contribution in [0.15, 0.2) is 36.4 Å². The lowest BCUT2D eigenvalue weighted by Gasteiger charge is -2.16. The van der Waals surface area contributed by atoms with Gasteiger partial charge in [0.15, 0.2) is 0 Å². The number of nitrogens with one attached hydrogen (secondary N) is 1. The summed E-state index contributed by atoms with van der Waals surface area (Å²) in [5, 5.41) is 20.3. The maximum atomic E-state index is 12.4.